The number of nitrogens with zero attached hydrogens (tertiary/aromatic N) is 2. The molecule has 0 spiro atoms. The number of carbonyl (C=O) groups is 2. The molecule has 10 heteroatoms. The van der Waals surface area contributed by atoms with Crippen LogP contribution < -0.4 is 5.32 Å². The number of aromatic nitrogens is 2. The molecule has 0 radical (unpaired) electrons. The zero-order valence-corrected chi connectivity index (χ0v) is 19.0. The van der Waals surface area contributed by atoms with Gasteiger partial charge in [-0.15, -0.1) is 23.1 Å². The largest absolute Gasteiger partial charge is 0.417 e. The average molecular weight is 480 g/mol. The number of amides is 1. The van der Waals surface area contributed by atoms with Gasteiger partial charge in [0.15, 0.2) is 11.4 Å². The molecule has 3 heterocycles. The summed E-state index contributed by atoms with van der Waals surface area (Å²) in [6.07, 6.45) is -1.73. The minimum Gasteiger partial charge on any atom is -0.353 e. The van der Waals surface area contributed by atoms with E-state index in [4.69, 9.17) is 0 Å². The summed E-state index contributed by atoms with van der Waals surface area (Å²) in [6, 6.07) is 6.43. The van der Waals surface area contributed by atoms with Crippen LogP contribution in [0.25, 0.3) is 11.0 Å². The minimum absolute atomic E-state index is 0.0468. The highest BCUT2D eigenvalue weighted by Crippen LogP contribution is 2.34. The van der Waals surface area contributed by atoms with E-state index in [0.717, 1.165) is 41.7 Å². The van der Waals surface area contributed by atoms with Gasteiger partial charge in [-0.2, -0.15) is 13.2 Å². The second kappa shape index (κ2) is 8.82. The zero-order chi connectivity index (χ0) is 23.0. The second-order valence-electron chi connectivity index (χ2n) is 7.77. The monoisotopic (exact) mass is 479 g/mol. The van der Waals surface area contributed by atoms with Crippen molar-refractivity contribution in [1.29, 1.82) is 0 Å². The van der Waals surface area contributed by atoms with E-state index < -0.39 is 11.7 Å². The zero-order valence-electron chi connectivity index (χ0n) is 17.3. The number of rotatable bonds is 7. The van der Waals surface area contributed by atoms with Crippen LogP contribution >= 0.6 is 23.1 Å². The summed E-state index contributed by atoms with van der Waals surface area (Å²) >= 11 is 2.43. The number of alkyl halides is 3. The van der Waals surface area contributed by atoms with Gasteiger partial charge in [-0.1, -0.05) is 0 Å². The van der Waals surface area contributed by atoms with E-state index in [2.05, 4.69) is 15.3 Å². The highest BCUT2D eigenvalue weighted by Gasteiger charge is 2.31. The Morgan fingerprint density at radius 3 is 2.72 bits per heavy atom. The summed E-state index contributed by atoms with van der Waals surface area (Å²) in [4.78, 5) is 34.9. The normalized spacial score (nSPS) is 15.0. The number of hydrogen-bond acceptors (Lipinski definition) is 6. The number of halogens is 3. The van der Waals surface area contributed by atoms with Crippen LogP contribution in [0.4, 0.5) is 13.2 Å². The Labute approximate surface area is 190 Å². The summed E-state index contributed by atoms with van der Waals surface area (Å²) in [6.45, 7) is 3.54. The molecular weight excluding hydrogens is 459 g/mol. The number of fused-ring (bicyclic) bond motifs is 1. The van der Waals surface area contributed by atoms with Crippen molar-refractivity contribution in [2.45, 2.75) is 49.7 Å². The lowest BCUT2D eigenvalue weighted by molar-refractivity contribution is -0.137. The molecular formula is C22H20F3N3O2S2. The van der Waals surface area contributed by atoms with E-state index in [9.17, 15) is 22.8 Å². The van der Waals surface area contributed by atoms with E-state index in [1.807, 2.05) is 6.92 Å². The highest BCUT2D eigenvalue weighted by atomic mass is 32.2. The lowest BCUT2D eigenvalue weighted by atomic mass is 10.1. The predicted octanol–water partition coefficient (Wildman–Crippen LogP) is 5.38. The first-order valence-corrected chi connectivity index (χ1v) is 11.8. The summed E-state index contributed by atoms with van der Waals surface area (Å²) < 4.78 is 39.3. The summed E-state index contributed by atoms with van der Waals surface area (Å²) in [7, 11) is 0. The van der Waals surface area contributed by atoms with Gasteiger partial charge in [-0.25, -0.2) is 9.97 Å². The molecule has 32 heavy (non-hydrogen) atoms. The van der Waals surface area contributed by atoms with Gasteiger partial charge >= 0.3 is 6.18 Å². The molecule has 0 saturated heterocycles. The number of hydrogen-bond donors (Lipinski definition) is 1. The van der Waals surface area contributed by atoms with Crippen molar-refractivity contribution in [3.63, 3.8) is 0 Å². The molecule has 1 unspecified atom stereocenters. The number of pyridine rings is 2. The molecule has 168 valence electrons. The van der Waals surface area contributed by atoms with Gasteiger partial charge < -0.3 is 5.32 Å². The lowest BCUT2D eigenvalue weighted by Gasteiger charge is -2.10. The van der Waals surface area contributed by atoms with Crippen molar-refractivity contribution in [3.05, 3.63) is 51.5 Å². The number of ketones is 1. The Hall–Kier alpha value is -2.46. The quantitative estimate of drug-likeness (QED) is 0.364. The molecule has 0 bridgehead atoms. The van der Waals surface area contributed by atoms with Crippen molar-refractivity contribution in [3.8, 4) is 0 Å². The second-order valence-corrected chi connectivity index (χ2v) is 9.91. The van der Waals surface area contributed by atoms with E-state index in [1.54, 1.807) is 25.1 Å². The number of thioether (sulfide) groups is 1. The third-order valence-electron chi connectivity index (χ3n) is 5.09. The number of carbonyl (C=O) groups excluding carboxylic acids is 2. The topological polar surface area (TPSA) is 72.0 Å². The molecule has 1 amide bonds. The molecule has 0 aromatic carbocycles. The maximum absolute atomic E-state index is 13.1. The number of aryl methyl sites for hydroxylation is 1. The number of nitrogens with one attached hydrogen (secondary N) is 1. The van der Waals surface area contributed by atoms with E-state index in [0.29, 0.717) is 15.5 Å². The molecule has 1 atom stereocenters. The molecule has 0 aliphatic heterocycles. The molecule has 4 rings (SSSR count). The standard InChI is InChI=1S/C22H20F3N3O2S2/c1-11-7-19(15-8-13(22(23,24)25)9-26-20(15)27-11)31-10-16(29)18-6-5-17(32-18)12(2)21(30)28-14-3-4-14/h5-9,12,14H,3-4,10H2,1-2H3,(H,28,30). The SMILES string of the molecule is Cc1cc(SCC(=O)c2ccc(C(C)C(=O)NC3CC3)s2)c2cc(C(F)(F)F)cnc2n1. The van der Waals surface area contributed by atoms with Gasteiger partial charge in [-0.05, 0) is 51.0 Å². The van der Waals surface area contributed by atoms with Crippen molar-refractivity contribution < 1.29 is 22.8 Å². The minimum atomic E-state index is -4.51. The first kappa shape index (κ1) is 22.7. The van der Waals surface area contributed by atoms with Gasteiger partial charge in [0.05, 0.1) is 22.1 Å². The predicted molar refractivity (Wildman–Crippen MR) is 118 cm³/mol. The first-order chi connectivity index (χ1) is 15.1. The molecule has 5 nitrogen and oxygen atoms in total. The van der Waals surface area contributed by atoms with Gasteiger partial charge in [0.2, 0.25) is 5.91 Å². The average Bonchev–Trinajstić information content (AvgIpc) is 3.41. The van der Waals surface area contributed by atoms with Crippen LogP contribution in [0.15, 0.2) is 35.4 Å². The Balaban J connectivity index is 1.49. The first-order valence-electron chi connectivity index (χ1n) is 10.0. The van der Waals surface area contributed by atoms with Gasteiger partial charge in [0, 0.05) is 33.1 Å². The smallest absolute Gasteiger partial charge is 0.353 e. The number of Topliss-reactive ketones (excluding diaryl/α,β-unsaturated/α-hetero) is 1. The van der Waals surface area contributed by atoms with E-state index in [1.165, 1.54) is 11.3 Å². The van der Waals surface area contributed by atoms with Crippen LogP contribution in [0.1, 0.15) is 51.5 Å². The van der Waals surface area contributed by atoms with Crippen LogP contribution in [-0.2, 0) is 11.0 Å². The molecule has 3 aromatic heterocycles. The van der Waals surface area contributed by atoms with Gasteiger partial charge in [-0.3, -0.25) is 9.59 Å². The van der Waals surface area contributed by atoms with Crippen LogP contribution in [0.2, 0.25) is 0 Å². The van der Waals surface area contributed by atoms with Crippen molar-refractivity contribution in [1.82, 2.24) is 15.3 Å². The molecule has 1 aliphatic carbocycles. The van der Waals surface area contributed by atoms with Crippen LogP contribution in [0.5, 0.6) is 0 Å². The Kier molecular flexibility index (Phi) is 6.26. The summed E-state index contributed by atoms with van der Waals surface area (Å²) in [5.41, 5.74) is -0.0410. The summed E-state index contributed by atoms with van der Waals surface area (Å²) in [5.74, 6) is -0.483. The fourth-order valence-corrected chi connectivity index (χ4v) is 5.19. The van der Waals surface area contributed by atoms with E-state index >= 15 is 0 Å². The van der Waals surface area contributed by atoms with Crippen molar-refractivity contribution in [2.24, 2.45) is 0 Å². The highest BCUT2D eigenvalue weighted by molar-refractivity contribution is 8.00. The third-order valence-corrected chi connectivity index (χ3v) is 7.45. The Bertz CT molecular complexity index is 1190. The molecule has 3 aromatic rings. The third kappa shape index (κ3) is 5.12. The fourth-order valence-electron chi connectivity index (χ4n) is 3.10. The van der Waals surface area contributed by atoms with Crippen molar-refractivity contribution >= 4 is 45.8 Å². The van der Waals surface area contributed by atoms with E-state index in [-0.39, 0.29) is 40.4 Å². The molecule has 1 aliphatic rings. The molecule has 1 N–H and O–H groups in total. The maximum atomic E-state index is 13.1. The van der Waals surface area contributed by atoms with Crippen LogP contribution in [-0.4, -0.2) is 33.5 Å². The number of thiophene rings is 1. The summed E-state index contributed by atoms with van der Waals surface area (Å²) in [5, 5.41) is 3.23. The maximum Gasteiger partial charge on any atom is 0.417 e. The van der Waals surface area contributed by atoms with Gasteiger partial charge in [0.1, 0.15) is 0 Å². The van der Waals surface area contributed by atoms with Crippen LogP contribution in [0, 0.1) is 6.92 Å². The fraction of sp³-hybridized carbons (Fsp3) is 0.364. The lowest BCUT2D eigenvalue weighted by Crippen LogP contribution is -2.29. The van der Waals surface area contributed by atoms with Crippen LogP contribution in [0.3, 0.4) is 0 Å². The molecule has 1 saturated carbocycles. The Morgan fingerprint density at radius 2 is 2.03 bits per heavy atom. The Morgan fingerprint density at radius 1 is 1.28 bits per heavy atom. The molecule has 1 fully saturated rings. The van der Waals surface area contributed by atoms with Gasteiger partial charge in [0.25, 0.3) is 0 Å². The van der Waals surface area contributed by atoms with Crippen molar-refractivity contribution in [2.75, 3.05) is 5.75 Å².